The van der Waals surface area contributed by atoms with Crippen molar-refractivity contribution in [1.29, 1.82) is 0 Å². The van der Waals surface area contributed by atoms with E-state index in [2.05, 4.69) is 16.0 Å². The molecule has 10 nitrogen and oxygen atoms in total. The smallest absolute Gasteiger partial charge is 0.408 e. The van der Waals surface area contributed by atoms with E-state index >= 15 is 0 Å². The molecule has 36 heavy (non-hydrogen) atoms. The third kappa shape index (κ3) is 22.6. The number of rotatable bonds is 10. The topological polar surface area (TPSA) is 143 Å². The van der Waals surface area contributed by atoms with Gasteiger partial charge >= 0.3 is 18.2 Å². The number of carbonyl (C=O) groups excluding carboxylic acids is 3. The molecule has 0 unspecified atom stereocenters. The predicted octanol–water partition coefficient (Wildman–Crippen LogP) is 4.26. The molecule has 0 fully saturated rings. The largest absolute Gasteiger partial charge is 0.480 e. The number of ether oxygens (including phenoxy) is 2. The molecule has 0 saturated heterocycles. The Balaban J connectivity index is 0. The van der Waals surface area contributed by atoms with Crippen molar-refractivity contribution < 1.29 is 33.8 Å². The molecule has 2 atom stereocenters. The van der Waals surface area contributed by atoms with Gasteiger partial charge in [-0.25, -0.2) is 14.4 Å². The van der Waals surface area contributed by atoms with Crippen LogP contribution in [0.15, 0.2) is 0 Å². The van der Waals surface area contributed by atoms with Crippen LogP contribution in [0.1, 0.15) is 75.2 Å². The van der Waals surface area contributed by atoms with E-state index in [9.17, 15) is 19.2 Å². The maximum atomic E-state index is 12.2. The summed E-state index contributed by atoms with van der Waals surface area (Å²) < 4.78 is 10.2. The van der Waals surface area contributed by atoms with Crippen LogP contribution in [0.25, 0.3) is 0 Å². The first kappa shape index (κ1) is 36.3. The van der Waals surface area contributed by atoms with Crippen molar-refractivity contribution in [3.8, 4) is 0 Å². The van der Waals surface area contributed by atoms with Crippen LogP contribution >= 0.6 is 23.5 Å². The van der Waals surface area contributed by atoms with Crippen LogP contribution in [0.3, 0.4) is 0 Å². The second-order valence-corrected chi connectivity index (χ2v) is 13.0. The summed E-state index contributed by atoms with van der Waals surface area (Å²) in [6.45, 7) is 16.3. The fraction of sp³-hybridized carbons (Fsp3) is 0.833. The molecule has 0 aliphatic heterocycles. The van der Waals surface area contributed by atoms with E-state index in [0.29, 0.717) is 18.6 Å². The predicted molar refractivity (Wildman–Crippen MR) is 148 cm³/mol. The van der Waals surface area contributed by atoms with Crippen LogP contribution in [0.5, 0.6) is 0 Å². The van der Waals surface area contributed by atoms with Gasteiger partial charge in [0, 0.05) is 5.54 Å². The van der Waals surface area contributed by atoms with Gasteiger partial charge in [0.1, 0.15) is 23.3 Å². The minimum absolute atomic E-state index is 0.183. The highest BCUT2D eigenvalue weighted by molar-refractivity contribution is 7.98. The Labute approximate surface area is 225 Å². The van der Waals surface area contributed by atoms with Crippen LogP contribution in [-0.2, 0) is 19.1 Å². The molecule has 12 heteroatoms. The molecule has 0 heterocycles. The third-order valence-electron chi connectivity index (χ3n) is 3.72. The number of carbonyl (C=O) groups is 4. The molecule has 0 radical (unpaired) electrons. The van der Waals surface area contributed by atoms with Crippen molar-refractivity contribution in [3.05, 3.63) is 0 Å². The lowest BCUT2D eigenvalue weighted by Crippen LogP contribution is -2.53. The van der Waals surface area contributed by atoms with Gasteiger partial charge in [-0.2, -0.15) is 23.5 Å². The van der Waals surface area contributed by atoms with E-state index in [1.54, 1.807) is 53.3 Å². The van der Waals surface area contributed by atoms with Crippen LogP contribution in [0.4, 0.5) is 9.59 Å². The van der Waals surface area contributed by atoms with Crippen LogP contribution in [-0.4, -0.2) is 82.0 Å². The Morgan fingerprint density at radius 1 is 0.722 bits per heavy atom. The molecule has 0 aromatic rings. The lowest BCUT2D eigenvalue weighted by Gasteiger charge is -2.26. The monoisotopic (exact) mass is 553 g/mol. The summed E-state index contributed by atoms with van der Waals surface area (Å²) in [6.07, 6.45) is 3.55. The van der Waals surface area contributed by atoms with Crippen molar-refractivity contribution in [2.24, 2.45) is 0 Å². The molecule has 0 aromatic carbocycles. The van der Waals surface area contributed by atoms with Gasteiger partial charge < -0.3 is 30.5 Å². The highest BCUT2D eigenvalue weighted by atomic mass is 32.2. The minimum Gasteiger partial charge on any atom is -0.480 e. The van der Waals surface area contributed by atoms with Gasteiger partial charge in [0.05, 0.1) is 0 Å². The first-order chi connectivity index (χ1) is 16.2. The molecule has 212 valence electrons. The fourth-order valence-electron chi connectivity index (χ4n) is 2.35. The molecule has 0 aliphatic rings. The molecule has 0 bridgehead atoms. The van der Waals surface area contributed by atoms with Crippen LogP contribution in [0.2, 0.25) is 0 Å². The number of hydrogen-bond donors (Lipinski definition) is 4. The zero-order valence-electron chi connectivity index (χ0n) is 23.7. The van der Waals surface area contributed by atoms with Crippen molar-refractivity contribution in [2.75, 3.05) is 24.0 Å². The SMILES string of the molecule is CSCC[C@H](NC(=O)OC(C)(C)C)C(=O)NC(C)(C)C.CSCC[C@H](NC(=O)OC(C)(C)C)C(=O)O. The number of alkyl carbamates (subject to hydrolysis) is 2. The average Bonchev–Trinajstić information content (AvgIpc) is 2.64. The Morgan fingerprint density at radius 3 is 1.39 bits per heavy atom. The summed E-state index contributed by atoms with van der Waals surface area (Å²) in [5.74, 6) is 0.238. The van der Waals surface area contributed by atoms with Crippen LogP contribution in [0, 0.1) is 0 Å². The Hall–Kier alpha value is -1.82. The number of carboxylic acids is 1. The van der Waals surface area contributed by atoms with Crippen molar-refractivity contribution in [2.45, 2.75) is 104 Å². The van der Waals surface area contributed by atoms with Crippen molar-refractivity contribution in [3.63, 3.8) is 0 Å². The second-order valence-electron chi connectivity index (χ2n) is 11.0. The summed E-state index contributed by atoms with van der Waals surface area (Å²) in [5, 5.41) is 16.7. The third-order valence-corrected chi connectivity index (χ3v) is 5.00. The zero-order chi connectivity index (χ0) is 28.7. The van der Waals surface area contributed by atoms with E-state index in [-0.39, 0.29) is 11.4 Å². The van der Waals surface area contributed by atoms with Gasteiger partial charge in [-0.15, -0.1) is 0 Å². The number of thioether (sulfide) groups is 2. The number of aliphatic carboxylic acids is 1. The van der Waals surface area contributed by atoms with Crippen molar-refractivity contribution >= 4 is 47.6 Å². The van der Waals surface area contributed by atoms with Crippen LogP contribution < -0.4 is 16.0 Å². The van der Waals surface area contributed by atoms with E-state index in [1.807, 2.05) is 33.3 Å². The fourth-order valence-corrected chi connectivity index (χ4v) is 3.30. The molecular weight excluding hydrogens is 506 g/mol. The van der Waals surface area contributed by atoms with Gasteiger partial charge in [0.2, 0.25) is 5.91 Å². The summed E-state index contributed by atoms with van der Waals surface area (Å²) in [5.41, 5.74) is -1.52. The summed E-state index contributed by atoms with van der Waals surface area (Å²) >= 11 is 3.17. The normalized spacial score (nSPS) is 13.3. The lowest BCUT2D eigenvalue weighted by atomic mass is 10.1. The van der Waals surface area contributed by atoms with E-state index in [1.165, 1.54) is 11.8 Å². The van der Waals surface area contributed by atoms with Gasteiger partial charge in [-0.1, -0.05) is 0 Å². The minimum atomic E-state index is -1.04. The molecule has 4 N–H and O–H groups in total. The molecule has 0 spiro atoms. The molecule has 3 amide bonds. The first-order valence-corrected chi connectivity index (χ1v) is 14.5. The zero-order valence-corrected chi connectivity index (χ0v) is 25.3. The quantitative estimate of drug-likeness (QED) is 0.312. The second kappa shape index (κ2) is 16.8. The summed E-state index contributed by atoms with van der Waals surface area (Å²) in [6, 6.07) is -1.46. The highest BCUT2D eigenvalue weighted by Gasteiger charge is 2.26. The average molecular weight is 554 g/mol. The number of amides is 3. The lowest BCUT2D eigenvalue weighted by molar-refractivity contribution is -0.139. The Kier molecular flexibility index (Phi) is 17.0. The Morgan fingerprint density at radius 2 is 1.08 bits per heavy atom. The number of hydrogen-bond acceptors (Lipinski definition) is 8. The molecular formula is C24H47N3O7S2. The van der Waals surface area contributed by atoms with Gasteiger partial charge in [-0.05, 0) is 99.2 Å². The molecule has 0 saturated carbocycles. The molecule has 0 rings (SSSR count). The number of nitrogens with one attached hydrogen (secondary N) is 3. The van der Waals surface area contributed by atoms with E-state index in [4.69, 9.17) is 14.6 Å². The molecule has 0 aromatic heterocycles. The first-order valence-electron chi connectivity index (χ1n) is 11.7. The van der Waals surface area contributed by atoms with E-state index < -0.39 is 41.4 Å². The molecule has 0 aliphatic carbocycles. The number of carboxylic acid groups (broad SMARTS) is 1. The van der Waals surface area contributed by atoms with E-state index in [0.717, 1.165) is 5.75 Å². The standard InChI is InChI=1S/C14H28N2O3S.C10H19NO4S/c1-13(2,3)16-11(17)10(8-9-20-7)15-12(18)19-14(4,5)6;1-10(2,3)15-9(14)11-7(8(12)13)5-6-16-4/h10H,8-9H2,1-7H3,(H,15,18)(H,16,17);7H,5-6H2,1-4H3,(H,11,14)(H,12,13)/t10-;7-/m00/s1. The van der Waals surface area contributed by atoms with Crippen molar-refractivity contribution in [1.82, 2.24) is 16.0 Å². The maximum Gasteiger partial charge on any atom is 0.408 e. The van der Waals surface area contributed by atoms with Gasteiger partial charge in [-0.3, -0.25) is 4.79 Å². The van der Waals surface area contributed by atoms with Gasteiger partial charge in [0.15, 0.2) is 0 Å². The maximum absolute atomic E-state index is 12.2. The summed E-state index contributed by atoms with van der Waals surface area (Å²) in [4.78, 5) is 46.1. The highest BCUT2D eigenvalue weighted by Crippen LogP contribution is 2.10. The van der Waals surface area contributed by atoms with Gasteiger partial charge in [0.25, 0.3) is 0 Å². The summed E-state index contributed by atoms with van der Waals surface area (Å²) in [7, 11) is 0. The Bertz CT molecular complexity index is 699.